The van der Waals surface area contributed by atoms with Gasteiger partial charge in [-0.15, -0.1) is 0 Å². The van der Waals surface area contributed by atoms with Gasteiger partial charge in [0.25, 0.3) is 0 Å². The molecule has 0 unspecified atom stereocenters. The maximum atomic E-state index is 10.7. The second kappa shape index (κ2) is 19.2. The molecule has 0 aromatic heterocycles. The van der Waals surface area contributed by atoms with E-state index in [9.17, 15) is 4.79 Å². The first-order valence-corrected chi connectivity index (χ1v) is 7.39. The molecule has 0 fully saturated rings. The average molecular weight is 270 g/mol. The summed E-state index contributed by atoms with van der Waals surface area (Å²) in [6, 6.07) is 0. The van der Waals surface area contributed by atoms with Crippen LogP contribution < -0.4 is 0 Å². The highest BCUT2D eigenvalue weighted by molar-refractivity contribution is 5.81. The summed E-state index contributed by atoms with van der Waals surface area (Å²) < 4.78 is 4.91. The number of hydrogen-bond acceptors (Lipinski definition) is 3. The van der Waals surface area contributed by atoms with Crippen LogP contribution >= 0.6 is 0 Å². The fraction of sp³-hybridized carbons (Fsp3) is 0.750. The van der Waals surface area contributed by atoms with E-state index < -0.39 is 0 Å². The minimum Gasteiger partial charge on any atom is -0.463 e. The molecule has 0 bridgehead atoms. The maximum absolute atomic E-state index is 10.7. The van der Waals surface area contributed by atoms with Crippen molar-refractivity contribution in [2.24, 2.45) is 0 Å². The molecule has 0 amide bonds. The number of hydrogen-bond donors (Lipinski definition) is 0. The summed E-state index contributed by atoms with van der Waals surface area (Å²) in [4.78, 5) is 18.7. The van der Waals surface area contributed by atoms with Gasteiger partial charge in [0.05, 0.1) is 6.61 Å². The van der Waals surface area contributed by atoms with Gasteiger partial charge in [-0.2, -0.15) is 0 Å². The molecule has 0 N–H and O–H groups in total. The standard InChI is InChI=1S/C15H28O2.CH2O/c1-3-5-6-7-8-9-10-11-12-13-14-17-15(16)4-2;1-2/h4H,2-3,5-14H2,1H3;1H2. The highest BCUT2D eigenvalue weighted by Gasteiger charge is 1.95. The highest BCUT2D eigenvalue weighted by atomic mass is 16.5. The van der Waals surface area contributed by atoms with E-state index in [1.54, 1.807) is 0 Å². The summed E-state index contributed by atoms with van der Waals surface area (Å²) in [5, 5.41) is 0. The predicted molar refractivity (Wildman–Crippen MR) is 80.1 cm³/mol. The Hall–Kier alpha value is -1.12. The Morgan fingerprint density at radius 3 is 1.74 bits per heavy atom. The summed E-state index contributed by atoms with van der Waals surface area (Å²) in [7, 11) is 0. The van der Waals surface area contributed by atoms with Gasteiger partial charge >= 0.3 is 5.97 Å². The first-order valence-electron chi connectivity index (χ1n) is 7.39. The predicted octanol–water partition coefficient (Wildman–Crippen LogP) is 4.45. The summed E-state index contributed by atoms with van der Waals surface area (Å²) in [6.45, 7) is 8.15. The molecule has 0 radical (unpaired) electrons. The van der Waals surface area contributed by atoms with Gasteiger partial charge in [0.15, 0.2) is 0 Å². The van der Waals surface area contributed by atoms with Crippen molar-refractivity contribution < 1.29 is 14.3 Å². The van der Waals surface area contributed by atoms with Crippen LogP contribution in [-0.4, -0.2) is 19.4 Å². The lowest BCUT2D eigenvalue weighted by atomic mass is 10.1. The fourth-order valence-electron chi connectivity index (χ4n) is 1.82. The monoisotopic (exact) mass is 270 g/mol. The molecular weight excluding hydrogens is 240 g/mol. The lowest BCUT2D eigenvalue weighted by Crippen LogP contribution is -2.01. The zero-order chi connectivity index (χ0) is 14.8. The molecule has 0 aliphatic carbocycles. The van der Waals surface area contributed by atoms with Crippen LogP contribution in [0.5, 0.6) is 0 Å². The highest BCUT2D eigenvalue weighted by Crippen LogP contribution is 2.10. The third-order valence-corrected chi connectivity index (χ3v) is 2.91. The van der Waals surface area contributed by atoms with Gasteiger partial charge in [-0.25, -0.2) is 4.79 Å². The number of carbonyl (C=O) groups is 2. The van der Waals surface area contributed by atoms with Crippen molar-refractivity contribution in [2.75, 3.05) is 6.61 Å². The number of ether oxygens (including phenoxy) is 1. The maximum Gasteiger partial charge on any atom is 0.330 e. The SMILES string of the molecule is C=CC(=O)OCCCCCCCCCCCC.C=O. The zero-order valence-electron chi connectivity index (χ0n) is 12.5. The molecule has 0 aromatic rings. The number of rotatable bonds is 12. The minimum absolute atomic E-state index is 0.305. The third kappa shape index (κ3) is 19.4. The van der Waals surface area contributed by atoms with Crippen LogP contribution in [0.2, 0.25) is 0 Å². The first-order chi connectivity index (χ1) is 9.31. The molecule has 0 atom stereocenters. The Kier molecular flexibility index (Phi) is 20.4. The normalized spacial score (nSPS) is 9.32. The van der Waals surface area contributed by atoms with E-state index in [1.165, 1.54) is 63.9 Å². The Morgan fingerprint density at radius 1 is 0.895 bits per heavy atom. The van der Waals surface area contributed by atoms with Gasteiger partial charge in [-0.3, -0.25) is 0 Å². The van der Waals surface area contributed by atoms with Crippen molar-refractivity contribution in [3.8, 4) is 0 Å². The van der Waals surface area contributed by atoms with E-state index in [-0.39, 0.29) is 5.97 Å². The summed E-state index contributed by atoms with van der Waals surface area (Å²) in [6.07, 6.45) is 14.2. The van der Waals surface area contributed by atoms with Gasteiger partial charge in [0, 0.05) is 6.08 Å². The first kappa shape index (κ1) is 20.2. The topological polar surface area (TPSA) is 43.4 Å². The van der Waals surface area contributed by atoms with Crippen LogP contribution in [0.15, 0.2) is 12.7 Å². The number of esters is 1. The van der Waals surface area contributed by atoms with Crippen LogP contribution in [-0.2, 0) is 14.3 Å². The molecule has 112 valence electrons. The van der Waals surface area contributed by atoms with Gasteiger partial charge in [-0.05, 0) is 6.42 Å². The molecule has 0 saturated carbocycles. The smallest absolute Gasteiger partial charge is 0.330 e. The van der Waals surface area contributed by atoms with Crippen LogP contribution in [0.4, 0.5) is 0 Å². The lowest BCUT2D eigenvalue weighted by molar-refractivity contribution is -0.137. The molecule has 3 nitrogen and oxygen atoms in total. The van der Waals surface area contributed by atoms with Crippen LogP contribution in [0.25, 0.3) is 0 Å². The van der Waals surface area contributed by atoms with Crippen molar-refractivity contribution in [1.29, 1.82) is 0 Å². The van der Waals surface area contributed by atoms with Gasteiger partial charge in [0.2, 0.25) is 0 Å². The third-order valence-electron chi connectivity index (χ3n) is 2.91. The molecule has 3 heteroatoms. The molecule has 19 heavy (non-hydrogen) atoms. The van der Waals surface area contributed by atoms with E-state index in [0.29, 0.717) is 6.61 Å². The van der Waals surface area contributed by atoms with Crippen molar-refractivity contribution >= 4 is 12.8 Å². The van der Waals surface area contributed by atoms with Gasteiger partial charge in [-0.1, -0.05) is 71.3 Å². The van der Waals surface area contributed by atoms with Crippen molar-refractivity contribution in [1.82, 2.24) is 0 Å². The lowest BCUT2D eigenvalue weighted by Gasteiger charge is -2.03. The Morgan fingerprint density at radius 2 is 1.32 bits per heavy atom. The Balaban J connectivity index is 0. The Labute approximate surface area is 118 Å². The van der Waals surface area contributed by atoms with E-state index in [2.05, 4.69) is 13.5 Å². The molecule has 0 aromatic carbocycles. The molecule has 0 aliphatic heterocycles. The quantitative estimate of drug-likeness (QED) is 0.299. The van der Waals surface area contributed by atoms with Gasteiger partial charge in [0.1, 0.15) is 6.79 Å². The largest absolute Gasteiger partial charge is 0.463 e. The van der Waals surface area contributed by atoms with E-state index in [0.717, 1.165) is 6.42 Å². The molecule has 0 spiro atoms. The van der Waals surface area contributed by atoms with E-state index >= 15 is 0 Å². The molecule has 0 aliphatic rings. The van der Waals surface area contributed by atoms with Crippen LogP contribution in [0, 0.1) is 0 Å². The van der Waals surface area contributed by atoms with Crippen molar-refractivity contribution in [3.63, 3.8) is 0 Å². The molecule has 0 saturated heterocycles. The summed E-state index contributed by atoms with van der Waals surface area (Å²) in [5.74, 6) is -0.305. The summed E-state index contributed by atoms with van der Waals surface area (Å²) in [5.41, 5.74) is 0. The van der Waals surface area contributed by atoms with Gasteiger partial charge < -0.3 is 9.53 Å². The number of carbonyl (C=O) groups excluding carboxylic acids is 2. The van der Waals surface area contributed by atoms with E-state index in [1.807, 2.05) is 6.79 Å². The fourth-order valence-corrected chi connectivity index (χ4v) is 1.82. The number of unbranched alkanes of at least 4 members (excludes halogenated alkanes) is 9. The van der Waals surface area contributed by atoms with Crippen LogP contribution in [0.3, 0.4) is 0 Å². The average Bonchev–Trinajstić information content (AvgIpc) is 2.46. The Bertz CT molecular complexity index is 202. The molecule has 0 heterocycles. The second-order valence-electron chi connectivity index (χ2n) is 4.55. The molecule has 0 rings (SSSR count). The van der Waals surface area contributed by atoms with Crippen molar-refractivity contribution in [3.05, 3.63) is 12.7 Å². The van der Waals surface area contributed by atoms with Crippen LogP contribution in [0.1, 0.15) is 71.1 Å². The minimum atomic E-state index is -0.305. The zero-order valence-corrected chi connectivity index (χ0v) is 12.5. The summed E-state index contributed by atoms with van der Waals surface area (Å²) >= 11 is 0. The van der Waals surface area contributed by atoms with E-state index in [4.69, 9.17) is 9.53 Å². The molecular formula is C16H30O3. The second-order valence-corrected chi connectivity index (χ2v) is 4.55. The van der Waals surface area contributed by atoms with Crippen molar-refractivity contribution in [2.45, 2.75) is 71.1 Å².